The molecule has 3 aromatic rings. The van der Waals surface area contributed by atoms with Crippen LogP contribution in [-0.4, -0.2) is 40.9 Å². The second-order valence-corrected chi connectivity index (χ2v) is 6.99. The zero-order valence-electron chi connectivity index (χ0n) is 17.2. The van der Waals surface area contributed by atoms with E-state index in [9.17, 15) is 0 Å². The van der Waals surface area contributed by atoms with E-state index < -0.39 is 0 Å². The first kappa shape index (κ1) is 22.3. The van der Waals surface area contributed by atoms with E-state index in [0.29, 0.717) is 0 Å². The van der Waals surface area contributed by atoms with Crippen LogP contribution in [0.1, 0.15) is 28.9 Å². The van der Waals surface area contributed by atoms with Crippen LogP contribution in [-0.2, 0) is 13.0 Å². The van der Waals surface area contributed by atoms with Crippen LogP contribution in [0.4, 0.5) is 0 Å². The number of nitrogens with zero attached hydrogens (tertiary/aromatic N) is 3. The summed E-state index contributed by atoms with van der Waals surface area (Å²) in [7, 11) is 1.81. The fourth-order valence-electron chi connectivity index (χ4n) is 3.44. The molecule has 28 heavy (non-hydrogen) atoms. The lowest BCUT2D eigenvalue weighted by atomic mass is 10.1. The van der Waals surface area contributed by atoms with Crippen LogP contribution in [0, 0.1) is 20.8 Å². The van der Waals surface area contributed by atoms with Crippen molar-refractivity contribution in [3.05, 3.63) is 53.0 Å². The van der Waals surface area contributed by atoms with Gasteiger partial charge in [0.25, 0.3) is 0 Å². The summed E-state index contributed by atoms with van der Waals surface area (Å²) in [5, 5.41) is 12.6. The maximum Gasteiger partial charge on any atom is 0.190 e. The number of aryl methyl sites for hydroxylation is 4. The summed E-state index contributed by atoms with van der Waals surface area (Å²) in [4.78, 5) is 7.70. The number of aliphatic imine (C=N–C) groups is 1. The molecule has 0 atom stereocenters. The lowest BCUT2D eigenvalue weighted by Gasteiger charge is -2.12. The molecule has 0 aliphatic carbocycles. The van der Waals surface area contributed by atoms with E-state index in [1.54, 1.807) is 0 Å². The zero-order valence-corrected chi connectivity index (χ0v) is 19.5. The maximum atomic E-state index is 4.50. The Morgan fingerprint density at radius 2 is 1.96 bits per heavy atom. The van der Waals surface area contributed by atoms with Gasteiger partial charge in [-0.3, -0.25) is 9.67 Å². The number of nitrogens with one attached hydrogen (secondary N) is 3. The van der Waals surface area contributed by atoms with Crippen LogP contribution in [0.3, 0.4) is 0 Å². The Hall–Kier alpha value is -2.03. The minimum absolute atomic E-state index is 0. The Morgan fingerprint density at radius 1 is 1.18 bits per heavy atom. The first-order chi connectivity index (χ1) is 13.1. The van der Waals surface area contributed by atoms with Crippen LogP contribution < -0.4 is 10.6 Å². The quantitative estimate of drug-likeness (QED) is 0.203. The van der Waals surface area contributed by atoms with E-state index >= 15 is 0 Å². The largest absolute Gasteiger partial charge is 0.361 e. The van der Waals surface area contributed by atoms with Crippen molar-refractivity contribution in [1.82, 2.24) is 25.4 Å². The highest BCUT2D eigenvalue weighted by molar-refractivity contribution is 14.0. The highest BCUT2D eigenvalue weighted by atomic mass is 127. The molecule has 7 heteroatoms. The van der Waals surface area contributed by atoms with Gasteiger partial charge in [-0.05, 0) is 50.8 Å². The van der Waals surface area contributed by atoms with E-state index in [4.69, 9.17) is 0 Å². The Labute approximate surface area is 184 Å². The standard InChI is InChI=1S/C21H30N6.HI/c1-15-7-5-8-19-18(14-25-20(15)19)9-11-24-21(22-4)23-10-6-12-27-17(3)13-16(2)26-27;/h5,7-8,13-14,25H,6,9-12H2,1-4H3,(H2,22,23,24);1H. The van der Waals surface area contributed by atoms with Crippen LogP contribution in [0.2, 0.25) is 0 Å². The van der Waals surface area contributed by atoms with Crippen molar-refractivity contribution in [2.75, 3.05) is 20.1 Å². The van der Waals surface area contributed by atoms with Crippen molar-refractivity contribution in [3.63, 3.8) is 0 Å². The molecule has 0 radical (unpaired) electrons. The fraction of sp³-hybridized carbons (Fsp3) is 0.429. The number of para-hydroxylation sites is 1. The summed E-state index contributed by atoms with van der Waals surface area (Å²) < 4.78 is 2.06. The summed E-state index contributed by atoms with van der Waals surface area (Å²) in [5.41, 5.74) is 6.14. The molecule has 3 rings (SSSR count). The molecule has 2 heterocycles. The number of H-pyrrole nitrogens is 1. The highest BCUT2D eigenvalue weighted by Crippen LogP contribution is 2.21. The number of hydrogen-bond acceptors (Lipinski definition) is 2. The van der Waals surface area contributed by atoms with Crippen molar-refractivity contribution in [2.45, 2.75) is 40.2 Å². The molecule has 0 amide bonds. The predicted octanol–water partition coefficient (Wildman–Crippen LogP) is 3.71. The molecule has 2 aromatic heterocycles. The van der Waals surface area contributed by atoms with Gasteiger partial charge in [-0.15, -0.1) is 24.0 Å². The molecule has 1 aromatic carbocycles. The Morgan fingerprint density at radius 3 is 2.68 bits per heavy atom. The lowest BCUT2D eigenvalue weighted by Crippen LogP contribution is -2.39. The summed E-state index contributed by atoms with van der Waals surface area (Å²) in [6, 6.07) is 8.55. The van der Waals surface area contributed by atoms with Gasteiger partial charge in [0.2, 0.25) is 0 Å². The first-order valence-corrected chi connectivity index (χ1v) is 9.59. The monoisotopic (exact) mass is 494 g/mol. The molecule has 0 spiro atoms. The number of aromatic nitrogens is 3. The number of benzene rings is 1. The predicted molar refractivity (Wildman–Crippen MR) is 128 cm³/mol. The second-order valence-electron chi connectivity index (χ2n) is 6.99. The third kappa shape index (κ3) is 5.50. The molecule has 0 aliphatic heterocycles. The van der Waals surface area contributed by atoms with Crippen LogP contribution in [0.15, 0.2) is 35.5 Å². The van der Waals surface area contributed by atoms with Gasteiger partial charge in [0, 0.05) is 49.5 Å². The minimum atomic E-state index is 0. The summed E-state index contributed by atoms with van der Waals surface area (Å²) >= 11 is 0. The van der Waals surface area contributed by atoms with Crippen LogP contribution in [0.5, 0.6) is 0 Å². The average Bonchev–Trinajstić information content (AvgIpc) is 3.20. The van der Waals surface area contributed by atoms with Gasteiger partial charge in [-0.25, -0.2) is 0 Å². The molecule has 3 N–H and O–H groups in total. The summed E-state index contributed by atoms with van der Waals surface area (Å²) in [6.07, 6.45) is 4.07. The van der Waals surface area contributed by atoms with Crippen LogP contribution >= 0.6 is 24.0 Å². The highest BCUT2D eigenvalue weighted by Gasteiger charge is 2.06. The normalized spacial score (nSPS) is 11.5. The van der Waals surface area contributed by atoms with Gasteiger partial charge in [0.15, 0.2) is 5.96 Å². The van der Waals surface area contributed by atoms with E-state index in [2.05, 4.69) is 74.7 Å². The van der Waals surface area contributed by atoms with E-state index in [0.717, 1.165) is 44.1 Å². The molecule has 0 fully saturated rings. The Balaban J connectivity index is 0.00000280. The lowest BCUT2D eigenvalue weighted by molar-refractivity contribution is 0.555. The maximum absolute atomic E-state index is 4.50. The number of fused-ring (bicyclic) bond motifs is 1. The molecule has 0 aliphatic rings. The third-order valence-corrected chi connectivity index (χ3v) is 4.86. The van der Waals surface area contributed by atoms with Crippen molar-refractivity contribution in [3.8, 4) is 0 Å². The van der Waals surface area contributed by atoms with Gasteiger partial charge in [0.05, 0.1) is 5.69 Å². The van der Waals surface area contributed by atoms with Gasteiger partial charge in [-0.2, -0.15) is 5.10 Å². The van der Waals surface area contributed by atoms with Crippen molar-refractivity contribution < 1.29 is 0 Å². The molecule has 0 saturated heterocycles. The van der Waals surface area contributed by atoms with Gasteiger partial charge < -0.3 is 15.6 Å². The molecule has 152 valence electrons. The van der Waals surface area contributed by atoms with Crippen LogP contribution in [0.25, 0.3) is 10.9 Å². The van der Waals surface area contributed by atoms with Crippen molar-refractivity contribution in [1.29, 1.82) is 0 Å². The number of hydrogen-bond donors (Lipinski definition) is 3. The third-order valence-electron chi connectivity index (χ3n) is 4.86. The van der Waals surface area contributed by atoms with Gasteiger partial charge in [0.1, 0.15) is 0 Å². The summed E-state index contributed by atoms with van der Waals surface area (Å²) in [5.74, 6) is 0.847. The molecular weight excluding hydrogens is 463 g/mol. The van der Waals surface area contributed by atoms with E-state index in [1.165, 1.54) is 27.7 Å². The molecular formula is C21H31IN6. The SMILES string of the molecule is CN=C(NCCCn1nc(C)cc1C)NCCc1c[nH]c2c(C)cccc12.I. The molecule has 0 saturated carbocycles. The molecule has 0 unspecified atom stereocenters. The van der Waals surface area contributed by atoms with Crippen molar-refractivity contribution >= 4 is 40.8 Å². The van der Waals surface area contributed by atoms with Gasteiger partial charge in [-0.1, -0.05) is 18.2 Å². The first-order valence-electron chi connectivity index (χ1n) is 9.59. The molecule has 0 bridgehead atoms. The zero-order chi connectivity index (χ0) is 19.2. The van der Waals surface area contributed by atoms with Crippen molar-refractivity contribution in [2.24, 2.45) is 4.99 Å². The number of halogens is 1. The summed E-state index contributed by atoms with van der Waals surface area (Å²) in [6.45, 7) is 8.89. The smallest absolute Gasteiger partial charge is 0.190 e. The number of aromatic amines is 1. The topological polar surface area (TPSA) is 70.0 Å². The van der Waals surface area contributed by atoms with E-state index in [1.807, 2.05) is 14.0 Å². The number of rotatable bonds is 7. The average molecular weight is 494 g/mol. The second kappa shape index (κ2) is 10.5. The van der Waals surface area contributed by atoms with E-state index in [-0.39, 0.29) is 24.0 Å². The Kier molecular flexibility index (Phi) is 8.35. The van der Waals surface area contributed by atoms with Gasteiger partial charge >= 0.3 is 0 Å². The minimum Gasteiger partial charge on any atom is -0.361 e. The molecule has 6 nitrogen and oxygen atoms in total. The fourth-order valence-corrected chi connectivity index (χ4v) is 3.44. The Bertz CT molecular complexity index is 924. The number of guanidine groups is 1.